The van der Waals surface area contributed by atoms with E-state index in [0.717, 1.165) is 55.6 Å². The van der Waals surface area contributed by atoms with Crippen molar-refractivity contribution in [2.75, 3.05) is 0 Å². The maximum absolute atomic E-state index is 12.7. The van der Waals surface area contributed by atoms with Gasteiger partial charge in [0.1, 0.15) is 11.1 Å². The molecule has 0 aliphatic carbocycles. The molecule has 2 atom stereocenters. The van der Waals surface area contributed by atoms with Gasteiger partial charge in [-0.2, -0.15) is 35.1 Å². The van der Waals surface area contributed by atoms with Gasteiger partial charge in [-0.05, 0) is 85.3 Å². The largest absolute Gasteiger partial charge is 0.321 e. The van der Waals surface area contributed by atoms with Crippen LogP contribution in [0.4, 0.5) is 0 Å². The van der Waals surface area contributed by atoms with Crippen molar-refractivity contribution in [3.05, 3.63) is 211 Å². The molecule has 6 aromatic carbocycles. The maximum atomic E-state index is 12.7. The summed E-state index contributed by atoms with van der Waals surface area (Å²) in [5, 5.41) is 1.16. The number of hydrogen-bond acceptors (Lipinski definition) is 4. The van der Waals surface area contributed by atoms with E-state index in [1.54, 1.807) is 24.3 Å². The van der Waals surface area contributed by atoms with Gasteiger partial charge in [-0.3, -0.25) is 0 Å². The summed E-state index contributed by atoms with van der Waals surface area (Å²) in [6, 6.07) is 45.3. The van der Waals surface area contributed by atoms with Gasteiger partial charge in [0.25, 0.3) is 0 Å². The molecule has 2 aliphatic heterocycles. The van der Waals surface area contributed by atoms with E-state index in [9.17, 15) is 16.8 Å². The van der Waals surface area contributed by atoms with Crippen LogP contribution in [-0.4, -0.2) is 28.3 Å². The van der Waals surface area contributed by atoms with Crippen molar-refractivity contribution in [1.82, 2.24) is 9.44 Å². The first-order valence-electron chi connectivity index (χ1n) is 17.7. The molecule has 2 aliphatic rings. The second-order valence-electron chi connectivity index (χ2n) is 14.0. The van der Waals surface area contributed by atoms with Crippen LogP contribution in [-0.2, 0) is 31.5 Å². The Morgan fingerprint density at radius 1 is 0.393 bits per heavy atom. The second kappa shape index (κ2) is 15.2. The highest BCUT2D eigenvalue weighted by Gasteiger charge is 2.50. The summed E-state index contributed by atoms with van der Waals surface area (Å²) < 4.78 is 64.5. The van der Waals surface area contributed by atoms with E-state index in [-0.39, 0.29) is 0 Å². The number of aryl methyl sites for hydroxylation is 4. The van der Waals surface area contributed by atoms with Crippen LogP contribution in [0.5, 0.6) is 0 Å². The minimum absolute atomic E-state index is 0.443. The van der Waals surface area contributed by atoms with E-state index < -0.39 is 31.5 Å². The van der Waals surface area contributed by atoms with E-state index in [1.165, 1.54) is 0 Å². The standard InChI is InChI=1S/2C22H19ClN2O2S/c2*1-15-3-7-17(8-4-15)21-22(25-28(26,27)24-21,18-9-5-16(2)6-10-18)19-11-13-20(23)14-12-19/h2*3-14,25H,1-2H3/t2*22-/m11/s1. The van der Waals surface area contributed by atoms with Crippen LogP contribution in [0.1, 0.15) is 55.6 Å². The fourth-order valence-electron chi connectivity index (χ4n) is 6.99. The lowest BCUT2D eigenvalue weighted by Gasteiger charge is -2.31. The highest BCUT2D eigenvalue weighted by atomic mass is 35.5. The summed E-state index contributed by atoms with van der Waals surface area (Å²) in [5.74, 6) is 0. The van der Waals surface area contributed by atoms with Gasteiger partial charge in [0.2, 0.25) is 0 Å². The molecule has 0 bridgehead atoms. The van der Waals surface area contributed by atoms with Crippen LogP contribution in [0.2, 0.25) is 10.0 Å². The Kier molecular flexibility index (Phi) is 10.7. The molecule has 0 fully saturated rings. The van der Waals surface area contributed by atoms with Crippen LogP contribution in [0.25, 0.3) is 0 Å². The SMILES string of the molecule is Cc1ccc(C2=NS(=O)(=O)N[C@]2(c2ccc(C)cc2)c2ccc(Cl)cc2)cc1.Cc1ccc(C2=NS(=O)(=O)N[C@]2(c2ccc(C)cc2)c2ccc(Cl)cc2)cc1. The predicted molar refractivity (Wildman–Crippen MR) is 226 cm³/mol. The minimum Gasteiger partial charge on any atom is -0.187 e. The van der Waals surface area contributed by atoms with Crippen LogP contribution < -0.4 is 9.44 Å². The minimum atomic E-state index is -3.87. The van der Waals surface area contributed by atoms with Gasteiger partial charge in [0.15, 0.2) is 0 Å². The zero-order valence-electron chi connectivity index (χ0n) is 31.0. The highest BCUT2D eigenvalue weighted by molar-refractivity contribution is 7.89. The van der Waals surface area contributed by atoms with Crippen molar-refractivity contribution in [2.24, 2.45) is 8.80 Å². The molecule has 0 saturated carbocycles. The lowest BCUT2D eigenvalue weighted by atomic mass is 9.77. The lowest BCUT2D eigenvalue weighted by molar-refractivity contribution is 0.564. The van der Waals surface area contributed by atoms with Crippen LogP contribution in [0.3, 0.4) is 0 Å². The van der Waals surface area contributed by atoms with Gasteiger partial charge in [-0.25, -0.2) is 0 Å². The van der Waals surface area contributed by atoms with Crippen LogP contribution in [0, 0.1) is 27.7 Å². The fraction of sp³-hybridized carbons (Fsp3) is 0.136. The Morgan fingerprint density at radius 3 is 0.893 bits per heavy atom. The van der Waals surface area contributed by atoms with Gasteiger partial charge in [0, 0.05) is 10.0 Å². The Morgan fingerprint density at radius 2 is 0.625 bits per heavy atom. The Balaban J connectivity index is 0.000000172. The Hall–Kier alpha value is -4.94. The summed E-state index contributed by atoms with van der Waals surface area (Å²) in [6.07, 6.45) is 0. The number of nitrogens with one attached hydrogen (secondary N) is 2. The molecule has 2 heterocycles. The molecule has 0 aromatic heterocycles. The molecule has 284 valence electrons. The van der Waals surface area contributed by atoms with Gasteiger partial charge >= 0.3 is 20.4 Å². The molecule has 56 heavy (non-hydrogen) atoms. The van der Waals surface area contributed by atoms with Crippen molar-refractivity contribution in [1.29, 1.82) is 0 Å². The molecule has 6 aromatic rings. The van der Waals surface area contributed by atoms with E-state index in [0.29, 0.717) is 21.5 Å². The van der Waals surface area contributed by atoms with Crippen molar-refractivity contribution >= 4 is 55.0 Å². The summed E-state index contributed by atoms with van der Waals surface area (Å²) in [6.45, 7) is 7.96. The van der Waals surface area contributed by atoms with Gasteiger partial charge < -0.3 is 0 Å². The van der Waals surface area contributed by atoms with Crippen molar-refractivity contribution in [2.45, 2.75) is 38.8 Å². The Bertz CT molecular complexity index is 2400. The van der Waals surface area contributed by atoms with E-state index in [2.05, 4.69) is 18.2 Å². The first kappa shape index (κ1) is 39.3. The topological polar surface area (TPSA) is 117 Å². The predicted octanol–water partition coefficient (Wildman–Crippen LogP) is 9.08. The number of halogens is 2. The molecule has 2 N–H and O–H groups in total. The van der Waals surface area contributed by atoms with Crippen LogP contribution in [0.15, 0.2) is 154 Å². The van der Waals surface area contributed by atoms with Crippen LogP contribution >= 0.6 is 23.2 Å². The summed E-state index contributed by atoms with van der Waals surface area (Å²) in [5.41, 5.74) is 7.55. The molecule has 8 nitrogen and oxygen atoms in total. The lowest BCUT2D eigenvalue weighted by Crippen LogP contribution is -2.47. The molecule has 0 amide bonds. The smallest absolute Gasteiger partial charge is 0.187 e. The summed E-state index contributed by atoms with van der Waals surface area (Å²) in [7, 11) is -7.75. The molecular weight excluding hydrogens is 784 g/mol. The first-order valence-corrected chi connectivity index (χ1v) is 21.3. The number of nitrogens with zero attached hydrogens (tertiary/aromatic N) is 2. The highest BCUT2D eigenvalue weighted by Crippen LogP contribution is 2.41. The second-order valence-corrected chi connectivity index (χ2v) is 17.6. The normalized spacial score (nSPS) is 20.8. The average Bonchev–Trinajstić information content (AvgIpc) is 3.64. The van der Waals surface area contributed by atoms with E-state index in [4.69, 9.17) is 23.2 Å². The third-order valence-corrected chi connectivity index (χ3v) is 12.3. The quantitative estimate of drug-likeness (QED) is 0.174. The number of benzene rings is 6. The fourth-order valence-corrected chi connectivity index (χ4v) is 9.74. The van der Waals surface area contributed by atoms with Gasteiger partial charge in [-0.1, -0.05) is 167 Å². The number of hydrogen-bond donors (Lipinski definition) is 2. The number of rotatable bonds is 6. The molecule has 8 rings (SSSR count). The maximum Gasteiger partial charge on any atom is 0.321 e. The van der Waals surface area contributed by atoms with Crippen molar-refractivity contribution < 1.29 is 16.8 Å². The molecule has 0 radical (unpaired) electrons. The van der Waals surface area contributed by atoms with E-state index >= 15 is 0 Å². The van der Waals surface area contributed by atoms with Crippen molar-refractivity contribution in [3.8, 4) is 0 Å². The van der Waals surface area contributed by atoms with Crippen molar-refractivity contribution in [3.63, 3.8) is 0 Å². The Labute approximate surface area is 338 Å². The third kappa shape index (κ3) is 7.73. The third-order valence-electron chi connectivity index (χ3n) is 9.87. The average molecular weight is 822 g/mol. The summed E-state index contributed by atoms with van der Waals surface area (Å²) >= 11 is 12.2. The zero-order valence-corrected chi connectivity index (χ0v) is 34.1. The molecule has 12 heteroatoms. The van der Waals surface area contributed by atoms with E-state index in [1.807, 2.05) is 149 Å². The molecular formula is C44H38Cl2N4O4S2. The molecule has 0 unspecified atom stereocenters. The first-order chi connectivity index (χ1) is 26.6. The molecule has 0 saturated heterocycles. The monoisotopic (exact) mass is 820 g/mol. The molecule has 0 spiro atoms. The zero-order chi connectivity index (χ0) is 39.9. The van der Waals surface area contributed by atoms with Gasteiger partial charge in [-0.15, -0.1) is 0 Å². The van der Waals surface area contributed by atoms with Gasteiger partial charge in [0.05, 0.1) is 11.4 Å². The summed E-state index contributed by atoms with van der Waals surface area (Å²) in [4.78, 5) is 0.